The van der Waals surface area contributed by atoms with E-state index in [1.165, 1.54) is 18.2 Å². The zero-order valence-corrected chi connectivity index (χ0v) is 8.22. The van der Waals surface area contributed by atoms with Gasteiger partial charge in [0.05, 0.1) is 10.7 Å². The average Bonchev–Trinajstić information content (AvgIpc) is 2.23. The summed E-state index contributed by atoms with van der Waals surface area (Å²) >= 11 is 5.70. The van der Waals surface area contributed by atoms with Crippen LogP contribution in [0.5, 0.6) is 0 Å². The highest BCUT2D eigenvalue weighted by molar-refractivity contribution is 6.33. The van der Waals surface area contributed by atoms with Crippen LogP contribution in [0.2, 0.25) is 5.02 Å². The molecule has 15 heavy (non-hydrogen) atoms. The summed E-state index contributed by atoms with van der Waals surface area (Å²) in [5.41, 5.74) is -0.114. The molecule has 0 heterocycles. The maximum absolute atomic E-state index is 13.2. The van der Waals surface area contributed by atoms with Crippen LogP contribution in [0.4, 0.5) is 10.1 Å². The summed E-state index contributed by atoms with van der Waals surface area (Å²) < 4.78 is 13.2. The zero-order chi connectivity index (χ0) is 11.3. The van der Waals surface area contributed by atoms with Crippen LogP contribution in [0.3, 0.4) is 0 Å². The normalized spacial score (nSPS) is 8.53. The monoisotopic (exact) mass is 221 g/mol. The molecule has 0 unspecified atom stereocenters. The van der Waals surface area contributed by atoms with Crippen molar-refractivity contribution in [1.82, 2.24) is 0 Å². The number of anilines is 1. The van der Waals surface area contributed by atoms with Gasteiger partial charge in [0.25, 0.3) is 0 Å². The van der Waals surface area contributed by atoms with E-state index in [0.717, 1.165) is 6.20 Å². The van der Waals surface area contributed by atoms with Gasteiger partial charge in [0.1, 0.15) is 23.5 Å². The maximum atomic E-state index is 13.2. The van der Waals surface area contributed by atoms with Crippen LogP contribution in [0.25, 0.3) is 0 Å². The van der Waals surface area contributed by atoms with Gasteiger partial charge in [-0.05, 0) is 12.1 Å². The summed E-state index contributed by atoms with van der Waals surface area (Å²) in [6.07, 6.45) is 1.10. The van der Waals surface area contributed by atoms with Crippen molar-refractivity contribution in [3.05, 3.63) is 40.8 Å². The Morgan fingerprint density at radius 3 is 2.60 bits per heavy atom. The van der Waals surface area contributed by atoms with E-state index in [0.29, 0.717) is 0 Å². The molecule has 1 rings (SSSR count). The number of nitriles is 2. The molecule has 1 aromatic rings. The maximum Gasteiger partial charge on any atom is 0.148 e. The quantitative estimate of drug-likeness (QED) is 0.782. The molecule has 5 heteroatoms. The summed E-state index contributed by atoms with van der Waals surface area (Å²) in [7, 11) is 0. The van der Waals surface area contributed by atoms with Crippen molar-refractivity contribution in [2.45, 2.75) is 0 Å². The van der Waals surface area contributed by atoms with E-state index in [2.05, 4.69) is 5.32 Å². The molecule has 0 amide bonds. The van der Waals surface area contributed by atoms with Crippen molar-refractivity contribution in [2.75, 3.05) is 5.32 Å². The van der Waals surface area contributed by atoms with Gasteiger partial charge in [-0.3, -0.25) is 0 Å². The van der Waals surface area contributed by atoms with Gasteiger partial charge in [0.2, 0.25) is 0 Å². The molecule has 74 valence electrons. The number of nitrogens with zero attached hydrogens (tertiary/aromatic N) is 2. The summed E-state index contributed by atoms with van der Waals surface area (Å²) in [5.74, 6) is -0.547. The number of allylic oxidation sites excluding steroid dienone is 1. The van der Waals surface area contributed by atoms with Crippen molar-refractivity contribution in [1.29, 1.82) is 10.5 Å². The van der Waals surface area contributed by atoms with Crippen molar-refractivity contribution in [3.63, 3.8) is 0 Å². The van der Waals surface area contributed by atoms with Gasteiger partial charge in [-0.2, -0.15) is 10.5 Å². The van der Waals surface area contributed by atoms with E-state index in [9.17, 15) is 4.39 Å². The molecule has 0 aliphatic rings. The minimum absolute atomic E-state index is 0.0437. The third kappa shape index (κ3) is 2.70. The van der Waals surface area contributed by atoms with Gasteiger partial charge < -0.3 is 5.32 Å². The molecule has 0 aliphatic carbocycles. The Bertz CT molecular complexity index is 446. The van der Waals surface area contributed by atoms with Crippen LogP contribution in [-0.2, 0) is 0 Å². The van der Waals surface area contributed by atoms with E-state index >= 15 is 0 Å². The van der Waals surface area contributed by atoms with Crippen LogP contribution in [0.1, 0.15) is 0 Å². The largest absolute Gasteiger partial charge is 0.356 e. The summed E-state index contributed by atoms with van der Waals surface area (Å²) in [6.45, 7) is 0. The first-order valence-corrected chi connectivity index (χ1v) is 4.27. The lowest BCUT2D eigenvalue weighted by Gasteiger charge is -2.04. The van der Waals surface area contributed by atoms with Gasteiger partial charge in [-0.1, -0.05) is 17.7 Å². The molecule has 0 fully saturated rings. The van der Waals surface area contributed by atoms with Gasteiger partial charge in [0.15, 0.2) is 0 Å². The SMILES string of the molecule is N#CC(C#N)=CNc1c(F)cccc1Cl. The van der Waals surface area contributed by atoms with Crippen LogP contribution in [-0.4, -0.2) is 0 Å². The molecule has 0 spiro atoms. The third-order valence-corrected chi connectivity index (χ3v) is 1.88. The van der Waals surface area contributed by atoms with E-state index in [1.54, 1.807) is 12.1 Å². The van der Waals surface area contributed by atoms with E-state index in [1.807, 2.05) is 0 Å². The minimum atomic E-state index is -0.547. The molecule has 0 aromatic heterocycles. The van der Waals surface area contributed by atoms with E-state index in [-0.39, 0.29) is 16.3 Å². The van der Waals surface area contributed by atoms with Gasteiger partial charge in [0, 0.05) is 6.20 Å². The fraction of sp³-hybridized carbons (Fsp3) is 0. The third-order valence-electron chi connectivity index (χ3n) is 1.56. The molecule has 0 bridgehead atoms. The topological polar surface area (TPSA) is 59.6 Å². The Kier molecular flexibility index (Phi) is 3.68. The number of para-hydroxylation sites is 1. The van der Waals surface area contributed by atoms with Crippen LogP contribution in [0.15, 0.2) is 30.0 Å². The molecular weight excluding hydrogens is 217 g/mol. The van der Waals surface area contributed by atoms with Crippen molar-refractivity contribution in [2.24, 2.45) is 0 Å². The second-order valence-corrected chi connectivity index (χ2v) is 2.93. The predicted octanol–water partition coefficient (Wildman–Crippen LogP) is 2.82. The molecular formula is C10H5ClFN3. The Hall–Kier alpha value is -2.04. The summed E-state index contributed by atoms with van der Waals surface area (Å²) in [6, 6.07) is 7.45. The smallest absolute Gasteiger partial charge is 0.148 e. The minimum Gasteiger partial charge on any atom is -0.356 e. The highest BCUT2D eigenvalue weighted by Gasteiger charge is 2.04. The van der Waals surface area contributed by atoms with Gasteiger partial charge >= 0.3 is 0 Å². The zero-order valence-electron chi connectivity index (χ0n) is 7.46. The summed E-state index contributed by atoms with van der Waals surface area (Å²) in [4.78, 5) is 0. The molecule has 1 aromatic carbocycles. The fourth-order valence-corrected chi connectivity index (χ4v) is 1.09. The molecule has 0 radical (unpaired) electrons. The number of halogens is 2. The lowest BCUT2D eigenvalue weighted by molar-refractivity contribution is 0.632. The molecule has 1 N–H and O–H groups in total. The van der Waals surface area contributed by atoms with Crippen LogP contribution in [0, 0.1) is 28.5 Å². The fourth-order valence-electron chi connectivity index (χ4n) is 0.870. The molecule has 0 aliphatic heterocycles. The first-order chi connectivity index (χ1) is 7.19. The number of benzene rings is 1. The molecule has 0 atom stereocenters. The van der Waals surface area contributed by atoms with Gasteiger partial charge in [-0.15, -0.1) is 0 Å². The standard InChI is InChI=1S/C10H5ClFN3/c11-8-2-1-3-9(12)10(8)15-6-7(4-13)5-14/h1-3,6,15H. The molecule has 0 saturated carbocycles. The molecule has 0 saturated heterocycles. The molecule has 3 nitrogen and oxygen atoms in total. The Labute approximate surface area is 91.0 Å². The van der Waals surface area contributed by atoms with Crippen LogP contribution < -0.4 is 5.32 Å². The van der Waals surface area contributed by atoms with Crippen LogP contribution >= 0.6 is 11.6 Å². The highest BCUT2D eigenvalue weighted by atomic mass is 35.5. The van der Waals surface area contributed by atoms with E-state index in [4.69, 9.17) is 22.1 Å². The van der Waals surface area contributed by atoms with Gasteiger partial charge in [-0.25, -0.2) is 4.39 Å². The number of rotatable bonds is 2. The number of nitrogens with one attached hydrogen (secondary N) is 1. The number of hydrogen-bond acceptors (Lipinski definition) is 3. The second-order valence-electron chi connectivity index (χ2n) is 2.52. The first-order valence-electron chi connectivity index (χ1n) is 3.90. The Morgan fingerprint density at radius 2 is 2.07 bits per heavy atom. The van der Waals surface area contributed by atoms with E-state index < -0.39 is 5.82 Å². The Morgan fingerprint density at radius 1 is 1.40 bits per heavy atom. The predicted molar refractivity (Wildman–Crippen MR) is 54.3 cm³/mol. The first kappa shape index (κ1) is 11.0. The van der Waals surface area contributed by atoms with Crippen molar-refractivity contribution in [3.8, 4) is 12.1 Å². The lowest BCUT2D eigenvalue weighted by atomic mass is 10.3. The number of hydrogen-bond donors (Lipinski definition) is 1. The second kappa shape index (κ2) is 4.99. The van der Waals surface area contributed by atoms with Crippen molar-refractivity contribution >= 4 is 17.3 Å². The van der Waals surface area contributed by atoms with Crippen molar-refractivity contribution < 1.29 is 4.39 Å². The summed E-state index contributed by atoms with van der Waals surface area (Å²) in [5, 5.41) is 19.5. The average molecular weight is 222 g/mol. The Balaban J connectivity index is 2.98. The highest BCUT2D eigenvalue weighted by Crippen LogP contribution is 2.24. The lowest BCUT2D eigenvalue weighted by Crippen LogP contribution is -1.94.